The van der Waals surface area contributed by atoms with E-state index in [9.17, 15) is 0 Å². The van der Waals surface area contributed by atoms with Gasteiger partial charge in [0.25, 0.3) is 0 Å². The lowest BCUT2D eigenvalue weighted by Gasteiger charge is -2.13. The molecular weight excluding hydrogens is 451 g/mol. The molecule has 2 heterocycles. The summed E-state index contributed by atoms with van der Waals surface area (Å²) in [4.78, 5) is 3.54. The minimum absolute atomic E-state index is 0. The maximum atomic E-state index is 6.22. The minimum atomic E-state index is 0. The third kappa shape index (κ3) is 3.03. The van der Waals surface area contributed by atoms with Gasteiger partial charge in [0.15, 0.2) is 6.20 Å². The van der Waals surface area contributed by atoms with Crippen LogP contribution in [-0.2, 0) is 7.05 Å². The molecule has 2 aromatic carbocycles. The van der Waals surface area contributed by atoms with Crippen LogP contribution in [0.25, 0.3) is 17.0 Å². The number of halogens is 2. The van der Waals surface area contributed by atoms with Crippen LogP contribution >= 0.6 is 23.4 Å². The average molecular weight is 467 g/mol. The summed E-state index contributed by atoms with van der Waals surface area (Å²) < 4.78 is 2.12. The van der Waals surface area contributed by atoms with Crippen LogP contribution < -0.4 is 33.4 Å². The highest BCUT2D eigenvalue weighted by Gasteiger charge is 2.21. The number of pyridine rings is 1. The molecule has 5 heteroatoms. The van der Waals surface area contributed by atoms with Crippen molar-refractivity contribution in [2.45, 2.75) is 4.90 Å². The summed E-state index contributed by atoms with van der Waals surface area (Å²) in [5.41, 5.74) is 3.61. The molecule has 1 aliphatic rings. The van der Waals surface area contributed by atoms with E-state index >= 15 is 0 Å². The minimum Gasteiger partial charge on any atom is -1.00 e. The molecule has 0 saturated carbocycles. The number of aryl methyl sites for hydroxylation is 1. The third-order valence-corrected chi connectivity index (χ3v) is 5.58. The van der Waals surface area contributed by atoms with Crippen LogP contribution in [0.2, 0.25) is 5.02 Å². The Hall–Kier alpha value is -1.24. The van der Waals surface area contributed by atoms with Crippen LogP contribution in [-0.4, -0.2) is 7.05 Å². The van der Waals surface area contributed by atoms with Gasteiger partial charge in [-0.15, -0.1) is 0 Å². The molecule has 0 radical (unpaired) electrons. The largest absolute Gasteiger partial charge is 1.00 e. The molecule has 0 bridgehead atoms. The predicted octanol–water partition coefficient (Wildman–Crippen LogP) is 1.86. The van der Waals surface area contributed by atoms with Gasteiger partial charge in [0.1, 0.15) is 7.05 Å². The molecule has 24 heavy (non-hydrogen) atoms. The molecular formula is C19H16ClIN2S. The number of aromatic nitrogens is 1. The van der Waals surface area contributed by atoms with E-state index < -0.39 is 0 Å². The van der Waals surface area contributed by atoms with E-state index in [4.69, 9.17) is 11.6 Å². The van der Waals surface area contributed by atoms with Crippen LogP contribution in [0.5, 0.6) is 0 Å². The Kier molecular flexibility index (Phi) is 5.08. The molecule has 0 fully saturated rings. The van der Waals surface area contributed by atoms with E-state index in [1.54, 1.807) is 11.8 Å². The van der Waals surface area contributed by atoms with Gasteiger partial charge in [0.2, 0.25) is 5.52 Å². The van der Waals surface area contributed by atoms with Crippen molar-refractivity contribution in [1.29, 1.82) is 0 Å². The Labute approximate surface area is 168 Å². The van der Waals surface area contributed by atoms with Gasteiger partial charge >= 0.3 is 0 Å². The first kappa shape index (κ1) is 17.6. The monoisotopic (exact) mass is 466 g/mol. The molecule has 4 rings (SSSR count). The molecule has 0 spiro atoms. The maximum absolute atomic E-state index is 6.22. The number of rotatable bonds is 1. The fourth-order valence-corrected chi connectivity index (χ4v) is 4.19. The lowest BCUT2D eigenvalue weighted by atomic mass is 10.1. The van der Waals surface area contributed by atoms with Gasteiger partial charge in [-0.1, -0.05) is 35.5 Å². The van der Waals surface area contributed by atoms with Gasteiger partial charge in [-0.3, -0.25) is 0 Å². The highest BCUT2D eigenvalue weighted by molar-refractivity contribution is 8.03. The molecule has 0 N–H and O–H groups in total. The van der Waals surface area contributed by atoms with Crippen LogP contribution in [0.3, 0.4) is 0 Å². The van der Waals surface area contributed by atoms with E-state index in [0.717, 1.165) is 5.02 Å². The van der Waals surface area contributed by atoms with Crippen molar-refractivity contribution in [3.05, 3.63) is 70.3 Å². The Morgan fingerprint density at radius 1 is 1.12 bits per heavy atom. The summed E-state index contributed by atoms with van der Waals surface area (Å²) in [6.45, 7) is 0. The fraction of sp³-hybridized carbons (Fsp3) is 0.105. The molecule has 0 aliphatic carbocycles. The SMILES string of the molecule is CN1/C(=C/c2cc[n+](C)c3ccc(Cl)cc23)Sc2ccccc21.[I-]. The van der Waals surface area contributed by atoms with Crippen LogP contribution in [0.4, 0.5) is 5.69 Å². The second-order valence-electron chi connectivity index (χ2n) is 5.65. The first-order valence-corrected chi connectivity index (χ1v) is 8.63. The fourth-order valence-electron chi connectivity index (χ4n) is 2.91. The van der Waals surface area contributed by atoms with E-state index in [1.807, 2.05) is 12.1 Å². The molecule has 0 saturated heterocycles. The standard InChI is InChI=1S/C19H16ClN2S.HI/c1-21-10-9-13(15-12-14(20)7-8-16(15)21)11-19-22(2)17-5-3-4-6-18(17)23-19;/h3-12H,1-2H3;1H/q+1;/p-1. The zero-order valence-electron chi connectivity index (χ0n) is 13.3. The predicted molar refractivity (Wildman–Crippen MR) is 98.8 cm³/mol. The first-order chi connectivity index (χ1) is 11.1. The number of fused-ring (bicyclic) bond motifs is 2. The molecule has 0 amide bonds. The summed E-state index contributed by atoms with van der Waals surface area (Å²) in [6, 6.07) is 16.7. The lowest BCUT2D eigenvalue weighted by Crippen LogP contribution is -3.00. The lowest BCUT2D eigenvalue weighted by molar-refractivity contribution is -0.644. The second-order valence-corrected chi connectivity index (χ2v) is 7.15. The van der Waals surface area contributed by atoms with E-state index in [-0.39, 0.29) is 24.0 Å². The number of benzene rings is 2. The van der Waals surface area contributed by atoms with Crippen molar-refractivity contribution in [3.8, 4) is 0 Å². The summed E-state index contributed by atoms with van der Waals surface area (Å²) >= 11 is 8.02. The Morgan fingerprint density at radius 3 is 2.71 bits per heavy atom. The quantitative estimate of drug-likeness (QED) is 0.399. The van der Waals surface area contributed by atoms with Gasteiger partial charge in [0, 0.05) is 29.1 Å². The molecule has 3 aromatic rings. The smallest absolute Gasteiger partial charge is 0.212 e. The topological polar surface area (TPSA) is 7.12 Å². The average Bonchev–Trinajstić information content (AvgIpc) is 2.87. The summed E-state index contributed by atoms with van der Waals surface area (Å²) in [5.74, 6) is 0. The molecule has 0 atom stereocenters. The van der Waals surface area contributed by atoms with Crippen molar-refractivity contribution in [1.82, 2.24) is 0 Å². The van der Waals surface area contributed by atoms with E-state index in [0.29, 0.717) is 0 Å². The van der Waals surface area contributed by atoms with Crippen molar-refractivity contribution < 1.29 is 28.5 Å². The normalized spacial score (nSPS) is 14.8. The summed E-state index contributed by atoms with van der Waals surface area (Å²) in [6.07, 6.45) is 4.33. The summed E-state index contributed by atoms with van der Waals surface area (Å²) in [5, 5.41) is 3.15. The molecule has 122 valence electrons. The first-order valence-electron chi connectivity index (χ1n) is 7.44. The van der Waals surface area contributed by atoms with Gasteiger partial charge in [-0.05, 0) is 35.9 Å². The summed E-state index contributed by atoms with van der Waals surface area (Å²) in [7, 11) is 4.17. The number of hydrogen-bond acceptors (Lipinski definition) is 2. The van der Waals surface area contributed by atoms with Gasteiger partial charge in [-0.2, -0.15) is 0 Å². The van der Waals surface area contributed by atoms with Gasteiger partial charge in [0.05, 0.1) is 16.1 Å². The van der Waals surface area contributed by atoms with Crippen LogP contribution in [0.1, 0.15) is 5.56 Å². The second kappa shape index (κ2) is 6.94. The Morgan fingerprint density at radius 2 is 1.92 bits per heavy atom. The number of thioether (sulfide) groups is 1. The van der Waals surface area contributed by atoms with E-state index in [1.165, 1.54) is 32.1 Å². The van der Waals surface area contributed by atoms with Crippen LogP contribution in [0, 0.1) is 0 Å². The molecule has 2 nitrogen and oxygen atoms in total. The van der Waals surface area contributed by atoms with Crippen LogP contribution in [0.15, 0.2) is 64.7 Å². The maximum Gasteiger partial charge on any atom is 0.212 e. The highest BCUT2D eigenvalue weighted by Crippen LogP contribution is 2.45. The van der Waals surface area contributed by atoms with Gasteiger partial charge in [-0.25, -0.2) is 4.57 Å². The number of para-hydroxylation sites is 1. The van der Waals surface area contributed by atoms with Gasteiger partial charge < -0.3 is 28.9 Å². The third-order valence-electron chi connectivity index (χ3n) is 4.18. The number of hydrogen-bond donors (Lipinski definition) is 0. The Bertz CT molecular complexity index is 955. The Balaban J connectivity index is 0.00000169. The number of nitrogens with zero attached hydrogens (tertiary/aromatic N) is 2. The van der Waals surface area contributed by atoms with Crippen molar-refractivity contribution >= 4 is 46.0 Å². The molecule has 1 aromatic heterocycles. The molecule has 0 unspecified atom stereocenters. The van der Waals surface area contributed by atoms with Crippen molar-refractivity contribution in [3.63, 3.8) is 0 Å². The van der Waals surface area contributed by atoms with E-state index in [2.05, 4.69) is 72.2 Å². The zero-order valence-corrected chi connectivity index (χ0v) is 17.1. The van der Waals surface area contributed by atoms with Crippen molar-refractivity contribution in [2.24, 2.45) is 7.05 Å². The zero-order chi connectivity index (χ0) is 16.0. The number of anilines is 1. The van der Waals surface area contributed by atoms with Crippen molar-refractivity contribution in [2.75, 3.05) is 11.9 Å². The molecule has 1 aliphatic heterocycles. The highest BCUT2D eigenvalue weighted by atomic mass is 127.